The molecule has 1 amide bonds. The van der Waals surface area contributed by atoms with Crippen molar-refractivity contribution in [1.29, 1.82) is 0 Å². The lowest BCUT2D eigenvalue weighted by Crippen LogP contribution is -2.37. The molecule has 0 spiro atoms. The van der Waals surface area contributed by atoms with Gasteiger partial charge in [0.2, 0.25) is 0 Å². The Morgan fingerprint density at radius 1 is 1.41 bits per heavy atom. The van der Waals surface area contributed by atoms with Crippen molar-refractivity contribution < 1.29 is 32.6 Å². The molecule has 0 saturated heterocycles. The lowest BCUT2D eigenvalue weighted by Gasteiger charge is -2.15. The number of nitrogens with one attached hydrogen (secondary N) is 1. The Labute approximate surface area is 124 Å². The van der Waals surface area contributed by atoms with Gasteiger partial charge in [-0.3, -0.25) is 4.79 Å². The minimum Gasteiger partial charge on any atom is -0.478 e. The summed E-state index contributed by atoms with van der Waals surface area (Å²) in [5.41, 5.74) is 0.115. The van der Waals surface area contributed by atoms with E-state index in [1.807, 2.05) is 0 Å². The molecule has 6 nitrogen and oxygen atoms in total. The zero-order valence-corrected chi connectivity index (χ0v) is 11.9. The van der Waals surface area contributed by atoms with E-state index >= 15 is 0 Å². The Morgan fingerprint density at radius 2 is 2.05 bits per heavy atom. The highest BCUT2D eigenvalue weighted by Gasteiger charge is 2.27. The van der Waals surface area contributed by atoms with Crippen molar-refractivity contribution in [3.63, 3.8) is 0 Å². The minimum absolute atomic E-state index is 0.0230. The van der Waals surface area contributed by atoms with Gasteiger partial charge < -0.3 is 15.2 Å². The zero-order chi connectivity index (χ0) is 16.9. The van der Waals surface area contributed by atoms with Crippen molar-refractivity contribution in [3.05, 3.63) is 29.1 Å². The highest BCUT2D eigenvalue weighted by molar-refractivity contribution is 5.94. The molecule has 1 rings (SSSR count). The summed E-state index contributed by atoms with van der Waals surface area (Å²) in [7, 11) is 0. The van der Waals surface area contributed by atoms with E-state index in [0.29, 0.717) is 0 Å². The van der Waals surface area contributed by atoms with Gasteiger partial charge in [0.15, 0.2) is 0 Å². The second kappa shape index (κ2) is 7.21. The molecule has 9 heteroatoms. The first kappa shape index (κ1) is 17.9. The number of carbonyl (C=O) groups is 2. The number of aromatic nitrogens is 1. The number of amides is 1. The molecule has 1 aromatic heterocycles. The molecule has 0 bridgehead atoms. The van der Waals surface area contributed by atoms with Gasteiger partial charge >= 0.3 is 12.1 Å². The van der Waals surface area contributed by atoms with Crippen LogP contribution in [-0.2, 0) is 4.74 Å². The van der Waals surface area contributed by atoms with Gasteiger partial charge in [0.05, 0.1) is 17.9 Å². The topological polar surface area (TPSA) is 88.5 Å². The minimum atomic E-state index is -4.42. The van der Waals surface area contributed by atoms with Crippen molar-refractivity contribution in [2.24, 2.45) is 0 Å². The van der Waals surface area contributed by atoms with Crippen LogP contribution >= 0.6 is 0 Å². The Hall–Kier alpha value is -2.16. The molecule has 0 aliphatic rings. The normalized spacial score (nSPS) is 12.8. The van der Waals surface area contributed by atoms with Crippen LogP contribution in [-0.4, -0.2) is 47.4 Å². The maximum atomic E-state index is 11.9. The van der Waals surface area contributed by atoms with Crippen LogP contribution in [0, 0.1) is 6.92 Å². The molecule has 0 aliphatic heterocycles. The summed E-state index contributed by atoms with van der Waals surface area (Å²) in [6, 6.07) is 1.82. The van der Waals surface area contributed by atoms with Crippen LogP contribution in [0.1, 0.15) is 33.5 Å². The van der Waals surface area contributed by atoms with Gasteiger partial charge in [-0.15, -0.1) is 0 Å². The number of hydrogen-bond acceptors (Lipinski definition) is 4. The van der Waals surface area contributed by atoms with E-state index in [1.165, 1.54) is 26.0 Å². The van der Waals surface area contributed by atoms with Crippen molar-refractivity contribution in [3.8, 4) is 0 Å². The van der Waals surface area contributed by atoms with E-state index < -0.39 is 30.7 Å². The molecule has 1 atom stereocenters. The summed E-state index contributed by atoms with van der Waals surface area (Å²) in [5, 5.41) is 11.3. The first-order chi connectivity index (χ1) is 10.1. The number of alkyl halides is 3. The van der Waals surface area contributed by atoms with Crippen molar-refractivity contribution in [1.82, 2.24) is 10.3 Å². The van der Waals surface area contributed by atoms with Crippen molar-refractivity contribution >= 4 is 11.9 Å². The summed E-state index contributed by atoms with van der Waals surface area (Å²) in [6.07, 6.45) is -4.42. The van der Waals surface area contributed by atoms with E-state index in [-0.39, 0.29) is 23.6 Å². The predicted octanol–water partition coefficient (Wildman–Crippen LogP) is 1.79. The van der Waals surface area contributed by atoms with Crippen LogP contribution in [0.25, 0.3) is 0 Å². The number of carboxylic acids is 1. The quantitative estimate of drug-likeness (QED) is 0.834. The van der Waals surface area contributed by atoms with Gasteiger partial charge in [0.25, 0.3) is 5.91 Å². The number of carbonyl (C=O) groups excluding carboxylic acids is 1. The number of hydrogen-bond donors (Lipinski definition) is 2. The Balaban J connectivity index is 2.58. The molecule has 1 heterocycles. The smallest absolute Gasteiger partial charge is 0.411 e. The number of aryl methyl sites for hydroxylation is 1. The van der Waals surface area contributed by atoms with Crippen LogP contribution in [0.3, 0.4) is 0 Å². The maximum Gasteiger partial charge on any atom is 0.411 e. The van der Waals surface area contributed by atoms with Gasteiger partial charge in [0.1, 0.15) is 12.3 Å². The van der Waals surface area contributed by atoms with Gasteiger partial charge in [-0.1, -0.05) is 0 Å². The van der Waals surface area contributed by atoms with E-state index in [0.717, 1.165) is 0 Å². The molecule has 0 radical (unpaired) electrons. The van der Waals surface area contributed by atoms with Crippen LogP contribution in [0.4, 0.5) is 13.2 Å². The van der Waals surface area contributed by atoms with E-state index in [4.69, 9.17) is 5.11 Å². The largest absolute Gasteiger partial charge is 0.478 e. The zero-order valence-electron chi connectivity index (χ0n) is 11.9. The van der Waals surface area contributed by atoms with Gasteiger partial charge in [-0.05, 0) is 26.0 Å². The van der Waals surface area contributed by atoms with Crippen LogP contribution < -0.4 is 5.32 Å². The van der Waals surface area contributed by atoms with Crippen LogP contribution in [0.2, 0.25) is 0 Å². The molecular weight excluding hydrogens is 305 g/mol. The van der Waals surface area contributed by atoms with Gasteiger partial charge in [-0.2, -0.15) is 13.2 Å². The molecule has 0 aromatic carbocycles. The first-order valence-corrected chi connectivity index (χ1v) is 6.26. The number of halogens is 3. The molecule has 2 N–H and O–H groups in total. The fourth-order valence-corrected chi connectivity index (χ4v) is 1.60. The van der Waals surface area contributed by atoms with E-state index in [2.05, 4.69) is 15.0 Å². The fraction of sp³-hybridized carbons (Fsp3) is 0.462. The fourth-order valence-electron chi connectivity index (χ4n) is 1.60. The van der Waals surface area contributed by atoms with Gasteiger partial charge in [-0.25, -0.2) is 9.78 Å². The third kappa shape index (κ3) is 5.68. The number of rotatable bonds is 6. The lowest BCUT2D eigenvalue weighted by molar-refractivity contribution is -0.174. The summed E-state index contributed by atoms with van der Waals surface area (Å²) in [5.74, 6) is -1.78. The number of aromatic carboxylic acids is 1. The van der Waals surface area contributed by atoms with Crippen LogP contribution in [0.15, 0.2) is 12.1 Å². The Morgan fingerprint density at radius 3 is 2.55 bits per heavy atom. The van der Waals surface area contributed by atoms with Crippen molar-refractivity contribution in [2.45, 2.75) is 26.1 Å². The van der Waals surface area contributed by atoms with Gasteiger partial charge in [0, 0.05) is 6.04 Å². The van der Waals surface area contributed by atoms with E-state index in [1.54, 1.807) is 0 Å². The predicted molar refractivity (Wildman–Crippen MR) is 69.7 cm³/mol. The number of carboxylic acid groups (broad SMARTS) is 1. The average Bonchev–Trinajstić information content (AvgIpc) is 2.36. The molecule has 1 unspecified atom stereocenters. The summed E-state index contributed by atoms with van der Waals surface area (Å²) in [4.78, 5) is 26.5. The molecule has 0 aliphatic carbocycles. The summed E-state index contributed by atoms with van der Waals surface area (Å²) >= 11 is 0. The molecule has 0 fully saturated rings. The highest BCUT2D eigenvalue weighted by atomic mass is 19.4. The SMILES string of the molecule is Cc1nc(C(=O)NC(C)COCC(F)(F)F)ccc1C(=O)O. The second-order valence-corrected chi connectivity index (χ2v) is 4.64. The van der Waals surface area contributed by atoms with E-state index in [9.17, 15) is 22.8 Å². The summed E-state index contributed by atoms with van der Waals surface area (Å²) in [6.45, 7) is 1.22. The third-order valence-corrected chi connectivity index (χ3v) is 2.56. The monoisotopic (exact) mass is 320 g/mol. The standard InChI is InChI=1S/C13H15F3N2O4/c1-7(5-22-6-13(14,15)16)17-11(19)10-4-3-9(12(20)21)8(2)18-10/h3-4,7H,5-6H2,1-2H3,(H,17,19)(H,20,21). The number of nitrogens with zero attached hydrogens (tertiary/aromatic N) is 1. The molecule has 22 heavy (non-hydrogen) atoms. The highest BCUT2D eigenvalue weighted by Crippen LogP contribution is 2.14. The molecule has 0 saturated carbocycles. The van der Waals surface area contributed by atoms with Crippen LogP contribution in [0.5, 0.6) is 0 Å². The molecule has 122 valence electrons. The number of ether oxygens (including phenoxy) is 1. The number of pyridine rings is 1. The molecule has 1 aromatic rings. The average molecular weight is 320 g/mol. The Kier molecular flexibility index (Phi) is 5.86. The third-order valence-electron chi connectivity index (χ3n) is 2.56. The summed E-state index contributed by atoms with van der Waals surface area (Å²) < 4.78 is 40.2. The lowest BCUT2D eigenvalue weighted by atomic mass is 10.2. The first-order valence-electron chi connectivity index (χ1n) is 6.26. The molecular formula is C13H15F3N2O4. The van der Waals surface area contributed by atoms with Crippen molar-refractivity contribution in [2.75, 3.05) is 13.2 Å². The second-order valence-electron chi connectivity index (χ2n) is 4.64. The maximum absolute atomic E-state index is 11.9. The Bertz CT molecular complexity index is 561.